The first-order chi connectivity index (χ1) is 11.5. The Labute approximate surface area is 141 Å². The van der Waals surface area contributed by atoms with Gasteiger partial charge in [0.2, 0.25) is 0 Å². The van der Waals surface area contributed by atoms with E-state index in [0.29, 0.717) is 18.5 Å². The molecular formula is C16H12ClNO6. The van der Waals surface area contributed by atoms with Crippen LogP contribution in [0.2, 0.25) is 5.02 Å². The summed E-state index contributed by atoms with van der Waals surface area (Å²) >= 11 is 5.90. The van der Waals surface area contributed by atoms with E-state index in [0.717, 1.165) is 12.1 Å². The second-order valence-corrected chi connectivity index (χ2v) is 4.98. The van der Waals surface area contributed by atoms with Crippen LogP contribution in [0.3, 0.4) is 0 Å². The second kappa shape index (κ2) is 7.56. The minimum Gasteiger partial charge on any atom is -0.490 e. The molecule has 0 aliphatic heterocycles. The van der Waals surface area contributed by atoms with E-state index in [9.17, 15) is 19.7 Å². The highest BCUT2D eigenvalue weighted by Crippen LogP contribution is 2.30. The molecule has 24 heavy (non-hydrogen) atoms. The molecule has 0 aromatic heterocycles. The van der Waals surface area contributed by atoms with Gasteiger partial charge in [0.25, 0.3) is 5.69 Å². The van der Waals surface area contributed by atoms with Gasteiger partial charge in [0, 0.05) is 17.7 Å². The van der Waals surface area contributed by atoms with Crippen LogP contribution in [0.5, 0.6) is 11.5 Å². The average Bonchev–Trinajstić information content (AvgIpc) is 2.56. The first-order valence-electron chi connectivity index (χ1n) is 6.84. The predicted octanol–water partition coefficient (Wildman–Crippen LogP) is 3.68. The third kappa shape index (κ3) is 3.88. The van der Waals surface area contributed by atoms with Gasteiger partial charge < -0.3 is 9.47 Å². The lowest BCUT2D eigenvalue weighted by Crippen LogP contribution is -2.10. The van der Waals surface area contributed by atoms with Crippen molar-refractivity contribution in [3.63, 3.8) is 0 Å². The summed E-state index contributed by atoms with van der Waals surface area (Å²) < 4.78 is 10.6. The molecule has 0 saturated carbocycles. The van der Waals surface area contributed by atoms with Gasteiger partial charge in [0.15, 0.2) is 11.5 Å². The van der Waals surface area contributed by atoms with Gasteiger partial charge in [-0.25, -0.2) is 4.79 Å². The molecule has 0 radical (unpaired) electrons. The fraction of sp³-hybridized carbons (Fsp3) is 0.125. The first-order valence-corrected chi connectivity index (χ1v) is 7.22. The van der Waals surface area contributed by atoms with Crippen LogP contribution >= 0.6 is 11.6 Å². The minimum absolute atomic E-state index is 0.0239. The Kier molecular flexibility index (Phi) is 5.49. The van der Waals surface area contributed by atoms with Gasteiger partial charge in [0.1, 0.15) is 6.29 Å². The standard InChI is InChI=1S/C16H12ClNO6/c1-2-23-15-7-10(9-19)3-6-14(15)24-16(20)12-5-4-11(18(21)22)8-13(12)17/h3-9H,2H2,1H3. The average molecular weight is 350 g/mol. The van der Waals surface area contributed by atoms with E-state index in [4.69, 9.17) is 21.1 Å². The normalized spacial score (nSPS) is 10.1. The third-order valence-corrected chi connectivity index (χ3v) is 3.30. The van der Waals surface area contributed by atoms with Gasteiger partial charge >= 0.3 is 5.97 Å². The van der Waals surface area contributed by atoms with Crippen LogP contribution in [-0.4, -0.2) is 23.8 Å². The Morgan fingerprint density at radius 2 is 2.00 bits per heavy atom. The quantitative estimate of drug-likeness (QED) is 0.259. The van der Waals surface area contributed by atoms with E-state index in [2.05, 4.69) is 0 Å². The molecule has 0 atom stereocenters. The van der Waals surface area contributed by atoms with Crippen molar-refractivity contribution in [2.24, 2.45) is 0 Å². The number of nitrogens with zero attached hydrogens (tertiary/aromatic N) is 1. The highest BCUT2D eigenvalue weighted by Gasteiger charge is 2.18. The number of esters is 1. The summed E-state index contributed by atoms with van der Waals surface area (Å²) in [6.07, 6.45) is 0.640. The van der Waals surface area contributed by atoms with E-state index < -0.39 is 10.9 Å². The number of hydrogen-bond donors (Lipinski definition) is 0. The number of non-ortho nitro benzene ring substituents is 1. The lowest BCUT2D eigenvalue weighted by molar-refractivity contribution is -0.384. The van der Waals surface area contributed by atoms with Crippen molar-refractivity contribution in [3.05, 3.63) is 62.7 Å². The van der Waals surface area contributed by atoms with Crippen molar-refractivity contribution in [1.82, 2.24) is 0 Å². The molecule has 0 saturated heterocycles. The van der Waals surface area contributed by atoms with Crippen molar-refractivity contribution in [3.8, 4) is 11.5 Å². The van der Waals surface area contributed by atoms with Crippen LogP contribution < -0.4 is 9.47 Å². The SMILES string of the molecule is CCOc1cc(C=O)ccc1OC(=O)c1ccc([N+](=O)[O-])cc1Cl. The van der Waals surface area contributed by atoms with Crippen LogP contribution in [0, 0.1) is 10.1 Å². The predicted molar refractivity (Wildman–Crippen MR) is 86.1 cm³/mol. The van der Waals surface area contributed by atoms with Crippen molar-refractivity contribution < 1.29 is 24.0 Å². The van der Waals surface area contributed by atoms with Gasteiger partial charge in [0.05, 0.1) is 22.1 Å². The molecule has 124 valence electrons. The summed E-state index contributed by atoms with van der Waals surface area (Å²) in [6.45, 7) is 2.05. The number of carbonyl (C=O) groups excluding carboxylic acids is 2. The summed E-state index contributed by atoms with van der Waals surface area (Å²) in [4.78, 5) is 33.1. The van der Waals surface area contributed by atoms with Gasteiger partial charge in [-0.05, 0) is 31.2 Å². The fourth-order valence-corrected chi connectivity index (χ4v) is 2.14. The van der Waals surface area contributed by atoms with E-state index >= 15 is 0 Å². The van der Waals surface area contributed by atoms with Gasteiger partial charge in [-0.1, -0.05) is 11.6 Å². The number of benzene rings is 2. The third-order valence-electron chi connectivity index (χ3n) is 2.99. The smallest absolute Gasteiger partial charge is 0.345 e. The Hall–Kier alpha value is -2.93. The zero-order chi connectivity index (χ0) is 17.7. The minimum atomic E-state index is -0.797. The zero-order valence-corrected chi connectivity index (χ0v) is 13.3. The summed E-state index contributed by atoms with van der Waals surface area (Å²) in [5.74, 6) is -0.454. The molecule has 0 unspecified atom stereocenters. The molecule has 7 nitrogen and oxygen atoms in total. The second-order valence-electron chi connectivity index (χ2n) is 4.57. The molecule has 0 bridgehead atoms. The molecule has 0 heterocycles. The number of aldehydes is 1. The number of nitro benzene ring substituents is 1. The van der Waals surface area contributed by atoms with Gasteiger partial charge in [-0.15, -0.1) is 0 Å². The Morgan fingerprint density at radius 1 is 1.25 bits per heavy atom. The number of halogens is 1. The molecule has 0 N–H and O–H groups in total. The van der Waals surface area contributed by atoms with Gasteiger partial charge in [-0.2, -0.15) is 0 Å². The van der Waals surface area contributed by atoms with Crippen LogP contribution in [0.4, 0.5) is 5.69 Å². The van der Waals surface area contributed by atoms with E-state index in [1.165, 1.54) is 24.3 Å². The van der Waals surface area contributed by atoms with Crippen LogP contribution in [0.25, 0.3) is 0 Å². The van der Waals surface area contributed by atoms with Crippen molar-refractivity contribution in [2.75, 3.05) is 6.61 Å². The molecular weight excluding hydrogens is 338 g/mol. The molecule has 0 spiro atoms. The fourth-order valence-electron chi connectivity index (χ4n) is 1.89. The lowest BCUT2D eigenvalue weighted by Gasteiger charge is -2.11. The summed E-state index contributed by atoms with van der Waals surface area (Å²) in [7, 11) is 0. The maximum absolute atomic E-state index is 12.2. The van der Waals surface area contributed by atoms with Crippen LogP contribution in [-0.2, 0) is 0 Å². The summed E-state index contributed by atoms with van der Waals surface area (Å²) in [5, 5.41) is 10.6. The van der Waals surface area contributed by atoms with Crippen molar-refractivity contribution in [2.45, 2.75) is 6.92 Å². The number of rotatable bonds is 6. The Morgan fingerprint density at radius 3 is 2.58 bits per heavy atom. The zero-order valence-electron chi connectivity index (χ0n) is 12.5. The molecule has 2 aromatic carbocycles. The molecule has 0 aliphatic rings. The molecule has 2 aromatic rings. The number of hydrogen-bond acceptors (Lipinski definition) is 6. The molecule has 8 heteroatoms. The summed E-state index contributed by atoms with van der Waals surface area (Å²) in [6, 6.07) is 7.76. The maximum atomic E-state index is 12.2. The van der Waals surface area contributed by atoms with Gasteiger partial charge in [-0.3, -0.25) is 14.9 Å². The van der Waals surface area contributed by atoms with E-state index in [1.54, 1.807) is 6.92 Å². The molecule has 0 aliphatic carbocycles. The number of nitro groups is 1. The monoisotopic (exact) mass is 349 g/mol. The molecule has 2 rings (SSSR count). The van der Waals surface area contributed by atoms with Crippen LogP contribution in [0.15, 0.2) is 36.4 Å². The van der Waals surface area contributed by atoms with E-state index in [-0.39, 0.29) is 27.8 Å². The van der Waals surface area contributed by atoms with Crippen molar-refractivity contribution >= 4 is 29.5 Å². The van der Waals surface area contributed by atoms with Crippen LogP contribution in [0.1, 0.15) is 27.6 Å². The van der Waals surface area contributed by atoms with E-state index in [1.807, 2.05) is 0 Å². The largest absolute Gasteiger partial charge is 0.490 e. The summed E-state index contributed by atoms with van der Waals surface area (Å²) in [5.41, 5.74) is 0.109. The highest BCUT2D eigenvalue weighted by atomic mass is 35.5. The van der Waals surface area contributed by atoms with Crippen molar-refractivity contribution in [1.29, 1.82) is 0 Å². The molecule has 0 amide bonds. The number of carbonyl (C=O) groups is 2. The Balaban J connectivity index is 2.29. The molecule has 0 fully saturated rings. The first kappa shape index (κ1) is 17.4. The Bertz CT molecular complexity index is 805. The number of ether oxygens (including phenoxy) is 2. The lowest BCUT2D eigenvalue weighted by atomic mass is 10.2. The highest BCUT2D eigenvalue weighted by molar-refractivity contribution is 6.33. The maximum Gasteiger partial charge on any atom is 0.345 e. The topological polar surface area (TPSA) is 95.7 Å².